The van der Waals surface area contributed by atoms with Gasteiger partial charge in [-0.05, 0) is 42.9 Å². The Morgan fingerprint density at radius 1 is 1.31 bits per heavy atom. The zero-order valence-electron chi connectivity index (χ0n) is 15.7. The summed E-state index contributed by atoms with van der Waals surface area (Å²) < 4.78 is 8.00. The van der Waals surface area contributed by atoms with E-state index in [9.17, 15) is 0 Å². The van der Waals surface area contributed by atoms with Crippen LogP contribution < -0.4 is 10.6 Å². The molecule has 2 N–H and O–H groups in total. The third-order valence-electron chi connectivity index (χ3n) is 4.83. The van der Waals surface area contributed by atoms with E-state index >= 15 is 0 Å². The van der Waals surface area contributed by atoms with E-state index < -0.39 is 0 Å². The van der Waals surface area contributed by atoms with Gasteiger partial charge in [0.1, 0.15) is 0 Å². The van der Waals surface area contributed by atoms with E-state index in [0.29, 0.717) is 6.54 Å². The summed E-state index contributed by atoms with van der Waals surface area (Å²) in [5, 5.41) is 10.8. The van der Waals surface area contributed by atoms with Gasteiger partial charge in [0.2, 0.25) is 0 Å². The van der Waals surface area contributed by atoms with E-state index in [0.717, 1.165) is 37.6 Å². The van der Waals surface area contributed by atoms with Crippen molar-refractivity contribution in [3.8, 4) is 0 Å². The Morgan fingerprint density at radius 3 is 3.00 bits per heavy atom. The second-order valence-electron chi connectivity index (χ2n) is 6.60. The summed E-state index contributed by atoms with van der Waals surface area (Å²) in [6.07, 6.45) is 6.51. The topological polar surface area (TPSA) is 63.5 Å². The number of nitrogens with one attached hydrogen (secondary N) is 2. The Hall–Kier alpha value is -2.34. The normalized spacial score (nSPS) is 17.0. The molecule has 0 radical (unpaired) electrons. The van der Waals surface area contributed by atoms with Crippen LogP contribution in [0.5, 0.6) is 0 Å². The van der Waals surface area contributed by atoms with Gasteiger partial charge in [-0.2, -0.15) is 5.10 Å². The molecule has 0 bridgehead atoms. The molecule has 1 heterocycles. The van der Waals surface area contributed by atoms with Crippen LogP contribution in [0.25, 0.3) is 0 Å². The summed E-state index contributed by atoms with van der Waals surface area (Å²) in [5.41, 5.74) is 3.94. The first-order valence-electron chi connectivity index (χ1n) is 9.38. The zero-order valence-corrected chi connectivity index (χ0v) is 15.7. The first-order valence-corrected chi connectivity index (χ1v) is 9.38. The molecule has 1 aliphatic rings. The number of guanidine groups is 1. The molecule has 0 spiro atoms. The van der Waals surface area contributed by atoms with E-state index in [4.69, 9.17) is 4.74 Å². The number of aromatic nitrogens is 2. The summed E-state index contributed by atoms with van der Waals surface area (Å²) in [7, 11) is 3.72. The fraction of sp³-hybridized carbons (Fsp3) is 0.500. The molecule has 0 amide bonds. The first kappa shape index (κ1) is 18.5. The maximum absolute atomic E-state index is 6.15. The van der Waals surface area contributed by atoms with Gasteiger partial charge in [-0.1, -0.05) is 24.3 Å². The lowest BCUT2D eigenvalue weighted by atomic mass is 9.89. The highest BCUT2D eigenvalue weighted by Crippen LogP contribution is 2.32. The van der Waals surface area contributed by atoms with Crippen LogP contribution in [0.3, 0.4) is 0 Å². The van der Waals surface area contributed by atoms with Crippen molar-refractivity contribution in [1.82, 2.24) is 20.4 Å². The third-order valence-corrected chi connectivity index (χ3v) is 4.83. The molecule has 140 valence electrons. The Kier molecular flexibility index (Phi) is 6.66. The highest BCUT2D eigenvalue weighted by Gasteiger charge is 2.19. The van der Waals surface area contributed by atoms with Gasteiger partial charge in [-0.15, -0.1) is 0 Å². The van der Waals surface area contributed by atoms with Crippen LogP contribution in [0.2, 0.25) is 0 Å². The van der Waals surface area contributed by atoms with Crippen molar-refractivity contribution >= 4 is 5.96 Å². The van der Waals surface area contributed by atoms with Gasteiger partial charge in [-0.25, -0.2) is 0 Å². The van der Waals surface area contributed by atoms with Crippen molar-refractivity contribution in [3.05, 3.63) is 53.3 Å². The van der Waals surface area contributed by atoms with Crippen LogP contribution in [-0.2, 0) is 24.8 Å². The zero-order chi connectivity index (χ0) is 18.2. The monoisotopic (exact) mass is 355 g/mol. The first-order chi connectivity index (χ1) is 12.8. The molecule has 0 saturated heterocycles. The van der Waals surface area contributed by atoms with Crippen LogP contribution in [0.1, 0.15) is 42.2 Å². The van der Waals surface area contributed by atoms with Crippen molar-refractivity contribution in [1.29, 1.82) is 0 Å². The molecule has 26 heavy (non-hydrogen) atoms. The number of benzene rings is 1. The molecule has 1 aromatic carbocycles. The van der Waals surface area contributed by atoms with Gasteiger partial charge < -0.3 is 15.4 Å². The second-order valence-corrected chi connectivity index (χ2v) is 6.60. The van der Waals surface area contributed by atoms with Crippen molar-refractivity contribution in [3.63, 3.8) is 0 Å². The lowest BCUT2D eigenvalue weighted by Crippen LogP contribution is -2.38. The quantitative estimate of drug-likeness (QED) is 0.455. The van der Waals surface area contributed by atoms with E-state index in [1.165, 1.54) is 24.0 Å². The van der Waals surface area contributed by atoms with Crippen LogP contribution >= 0.6 is 0 Å². The van der Waals surface area contributed by atoms with Crippen LogP contribution in [-0.4, -0.2) is 35.9 Å². The smallest absolute Gasteiger partial charge is 0.191 e. The number of aliphatic imine (C=N–C) groups is 1. The number of rotatable bonds is 7. The Morgan fingerprint density at radius 2 is 2.19 bits per heavy atom. The number of hydrogen-bond acceptors (Lipinski definition) is 3. The standard InChI is InChI=1S/C20H29N5O/c1-21-20(23-15-17-11-13-24-25(17)2)22-12-6-14-26-19-10-5-8-16-7-3-4-9-18(16)19/h3-4,7,9,11,13,19H,5-6,8,10,12,14-15H2,1-2H3,(H2,21,22,23). The molecule has 6 nitrogen and oxygen atoms in total. The van der Waals surface area contributed by atoms with E-state index in [-0.39, 0.29) is 6.10 Å². The number of nitrogens with zero attached hydrogens (tertiary/aromatic N) is 3. The van der Waals surface area contributed by atoms with Gasteiger partial charge in [-0.3, -0.25) is 9.67 Å². The van der Waals surface area contributed by atoms with Gasteiger partial charge >= 0.3 is 0 Å². The maximum atomic E-state index is 6.15. The van der Waals surface area contributed by atoms with Gasteiger partial charge in [0.05, 0.1) is 18.3 Å². The van der Waals surface area contributed by atoms with E-state index in [2.05, 4.69) is 45.0 Å². The largest absolute Gasteiger partial charge is 0.373 e. The molecule has 6 heteroatoms. The molecular weight excluding hydrogens is 326 g/mol. The summed E-state index contributed by atoms with van der Waals surface area (Å²) in [4.78, 5) is 4.26. The van der Waals surface area contributed by atoms with Crippen molar-refractivity contribution in [2.75, 3.05) is 20.2 Å². The summed E-state index contributed by atoms with van der Waals surface area (Å²) >= 11 is 0. The summed E-state index contributed by atoms with van der Waals surface area (Å²) in [5.74, 6) is 0.800. The van der Waals surface area contributed by atoms with Crippen LogP contribution in [0.15, 0.2) is 41.5 Å². The lowest BCUT2D eigenvalue weighted by Gasteiger charge is -2.25. The number of ether oxygens (including phenoxy) is 1. The minimum Gasteiger partial charge on any atom is -0.373 e. The number of aryl methyl sites for hydroxylation is 2. The second kappa shape index (κ2) is 9.38. The number of hydrogen-bond donors (Lipinski definition) is 2. The minimum atomic E-state index is 0.252. The van der Waals surface area contributed by atoms with Crippen molar-refractivity contribution in [2.45, 2.75) is 38.3 Å². The minimum absolute atomic E-state index is 0.252. The van der Waals surface area contributed by atoms with Gasteiger partial charge in [0.25, 0.3) is 0 Å². The summed E-state index contributed by atoms with van der Waals surface area (Å²) in [6, 6.07) is 10.7. The van der Waals surface area contributed by atoms with E-state index in [1.54, 1.807) is 13.2 Å². The Balaban J connectivity index is 1.35. The Labute approximate surface area is 155 Å². The molecule has 0 fully saturated rings. The fourth-order valence-electron chi connectivity index (χ4n) is 3.36. The molecule has 1 aromatic heterocycles. The molecule has 0 aliphatic heterocycles. The molecule has 3 rings (SSSR count). The van der Waals surface area contributed by atoms with Crippen LogP contribution in [0, 0.1) is 0 Å². The predicted octanol–water partition coefficient (Wildman–Crippen LogP) is 2.57. The SMILES string of the molecule is CN=C(NCCCOC1CCCc2ccccc21)NCc1ccnn1C. The average Bonchev–Trinajstić information content (AvgIpc) is 3.09. The van der Waals surface area contributed by atoms with Gasteiger partial charge in [0.15, 0.2) is 5.96 Å². The molecule has 0 saturated carbocycles. The van der Waals surface area contributed by atoms with E-state index in [1.807, 2.05) is 17.8 Å². The predicted molar refractivity (Wildman–Crippen MR) is 104 cm³/mol. The summed E-state index contributed by atoms with van der Waals surface area (Å²) in [6.45, 7) is 2.29. The molecule has 1 unspecified atom stereocenters. The molecular formula is C20H29N5O. The highest BCUT2D eigenvalue weighted by molar-refractivity contribution is 5.79. The third kappa shape index (κ3) is 4.85. The highest BCUT2D eigenvalue weighted by atomic mass is 16.5. The van der Waals surface area contributed by atoms with Crippen molar-refractivity contribution in [2.24, 2.45) is 12.0 Å². The number of fused-ring (bicyclic) bond motifs is 1. The van der Waals surface area contributed by atoms with Crippen LogP contribution in [0.4, 0.5) is 0 Å². The molecule has 1 aliphatic carbocycles. The molecule has 2 aromatic rings. The average molecular weight is 355 g/mol. The molecule has 1 atom stereocenters. The Bertz CT molecular complexity index is 724. The maximum Gasteiger partial charge on any atom is 0.191 e. The fourth-order valence-corrected chi connectivity index (χ4v) is 3.36. The van der Waals surface area contributed by atoms with Gasteiger partial charge in [0, 0.05) is 33.4 Å². The van der Waals surface area contributed by atoms with Crippen molar-refractivity contribution < 1.29 is 4.74 Å². The lowest BCUT2D eigenvalue weighted by molar-refractivity contribution is 0.0398.